The fraction of sp³-hybridized carbons (Fsp3) is 0.588. The third-order valence-electron chi connectivity index (χ3n) is 4.53. The second kappa shape index (κ2) is 6.48. The van der Waals surface area contributed by atoms with E-state index < -0.39 is 0 Å². The molecule has 1 amide bonds. The molecule has 0 bridgehead atoms. The number of nitrogen functional groups attached to an aromatic ring is 1. The Labute approximate surface area is 126 Å². The fourth-order valence-electron chi connectivity index (χ4n) is 3.41. The van der Waals surface area contributed by atoms with Crippen LogP contribution in [0.2, 0.25) is 0 Å². The Balaban J connectivity index is 1.56. The van der Waals surface area contributed by atoms with Crippen molar-refractivity contribution in [2.24, 2.45) is 0 Å². The molecule has 2 atom stereocenters. The Morgan fingerprint density at radius 2 is 2.24 bits per heavy atom. The molecule has 2 aliphatic rings. The molecular formula is C17H24N2O2. The first-order chi connectivity index (χ1) is 10.2. The molecule has 1 aromatic rings. The minimum Gasteiger partial charge on any atom is -0.399 e. The van der Waals surface area contributed by atoms with Crippen molar-refractivity contribution in [1.29, 1.82) is 0 Å². The van der Waals surface area contributed by atoms with Gasteiger partial charge in [0.2, 0.25) is 5.91 Å². The van der Waals surface area contributed by atoms with Crippen LogP contribution in [0.1, 0.15) is 55.7 Å². The molecule has 0 saturated carbocycles. The molecule has 1 aromatic carbocycles. The van der Waals surface area contributed by atoms with Gasteiger partial charge >= 0.3 is 0 Å². The van der Waals surface area contributed by atoms with E-state index in [4.69, 9.17) is 10.5 Å². The Morgan fingerprint density at radius 3 is 3.05 bits per heavy atom. The van der Waals surface area contributed by atoms with Crippen LogP contribution in [-0.2, 0) is 16.0 Å². The van der Waals surface area contributed by atoms with Gasteiger partial charge < -0.3 is 15.8 Å². The second-order valence-corrected chi connectivity index (χ2v) is 6.14. The Bertz CT molecular complexity index is 510. The molecule has 21 heavy (non-hydrogen) atoms. The summed E-state index contributed by atoms with van der Waals surface area (Å²) in [6.07, 6.45) is 7.09. The number of carbonyl (C=O) groups excluding carboxylic acids is 1. The summed E-state index contributed by atoms with van der Waals surface area (Å²) in [5, 5.41) is 3.18. The van der Waals surface area contributed by atoms with Crippen molar-refractivity contribution in [3.8, 4) is 0 Å². The largest absolute Gasteiger partial charge is 0.399 e. The second-order valence-electron chi connectivity index (χ2n) is 6.14. The lowest BCUT2D eigenvalue weighted by Gasteiger charge is -2.27. The Morgan fingerprint density at radius 1 is 1.33 bits per heavy atom. The number of rotatable bonds is 4. The summed E-state index contributed by atoms with van der Waals surface area (Å²) in [6.45, 7) is 0.851. The van der Waals surface area contributed by atoms with E-state index in [0.717, 1.165) is 50.8 Å². The molecule has 1 aliphatic heterocycles. The molecular weight excluding hydrogens is 264 g/mol. The maximum absolute atomic E-state index is 12.2. The molecule has 1 fully saturated rings. The summed E-state index contributed by atoms with van der Waals surface area (Å²) in [4.78, 5) is 12.2. The smallest absolute Gasteiger partial charge is 0.220 e. The third kappa shape index (κ3) is 3.56. The van der Waals surface area contributed by atoms with Crippen molar-refractivity contribution in [2.45, 2.75) is 57.1 Å². The van der Waals surface area contributed by atoms with Gasteiger partial charge in [0.1, 0.15) is 0 Å². The summed E-state index contributed by atoms with van der Waals surface area (Å²) in [5.41, 5.74) is 9.17. The van der Waals surface area contributed by atoms with Crippen LogP contribution in [0.5, 0.6) is 0 Å². The first-order valence-corrected chi connectivity index (χ1v) is 8.01. The highest BCUT2D eigenvalue weighted by Gasteiger charge is 2.23. The van der Waals surface area contributed by atoms with E-state index >= 15 is 0 Å². The molecule has 4 heteroatoms. The van der Waals surface area contributed by atoms with E-state index in [-0.39, 0.29) is 18.1 Å². The lowest BCUT2D eigenvalue weighted by atomic mass is 9.87. The number of hydrogen-bond donors (Lipinski definition) is 2. The van der Waals surface area contributed by atoms with Crippen molar-refractivity contribution < 1.29 is 9.53 Å². The summed E-state index contributed by atoms with van der Waals surface area (Å²) in [7, 11) is 0. The predicted octanol–water partition coefficient (Wildman–Crippen LogP) is 2.72. The van der Waals surface area contributed by atoms with Crippen LogP contribution in [-0.4, -0.2) is 18.6 Å². The summed E-state index contributed by atoms with van der Waals surface area (Å²) in [5.74, 6) is 0.139. The molecule has 0 aromatic heterocycles. The molecule has 4 nitrogen and oxygen atoms in total. The monoisotopic (exact) mass is 288 g/mol. The highest BCUT2D eigenvalue weighted by Crippen LogP contribution is 2.31. The van der Waals surface area contributed by atoms with Crippen molar-refractivity contribution in [1.82, 2.24) is 5.32 Å². The molecule has 3 rings (SSSR count). The van der Waals surface area contributed by atoms with Gasteiger partial charge in [-0.25, -0.2) is 0 Å². The van der Waals surface area contributed by atoms with Gasteiger partial charge in [0.05, 0.1) is 12.1 Å². The summed E-state index contributed by atoms with van der Waals surface area (Å²) >= 11 is 0. The zero-order valence-corrected chi connectivity index (χ0v) is 12.4. The highest BCUT2D eigenvalue weighted by molar-refractivity contribution is 5.76. The topological polar surface area (TPSA) is 64.3 Å². The maximum Gasteiger partial charge on any atom is 0.220 e. The molecule has 0 spiro atoms. The van der Waals surface area contributed by atoms with Crippen molar-refractivity contribution in [3.63, 3.8) is 0 Å². The fourth-order valence-corrected chi connectivity index (χ4v) is 3.41. The number of amides is 1. The molecule has 1 saturated heterocycles. The summed E-state index contributed by atoms with van der Waals surface area (Å²) in [6, 6.07) is 6.18. The van der Waals surface area contributed by atoms with E-state index in [0.29, 0.717) is 6.42 Å². The number of anilines is 1. The van der Waals surface area contributed by atoms with Gasteiger partial charge in [-0.15, -0.1) is 0 Å². The number of ether oxygens (including phenoxy) is 1. The van der Waals surface area contributed by atoms with Crippen LogP contribution < -0.4 is 11.1 Å². The van der Waals surface area contributed by atoms with Crippen LogP contribution in [0.4, 0.5) is 5.69 Å². The average Bonchev–Trinajstić information content (AvgIpc) is 2.98. The number of nitrogens with two attached hydrogens (primary N) is 1. The van der Waals surface area contributed by atoms with E-state index in [2.05, 4.69) is 11.4 Å². The predicted molar refractivity (Wildman–Crippen MR) is 82.9 cm³/mol. The lowest BCUT2D eigenvalue weighted by Crippen LogP contribution is -2.31. The number of benzene rings is 1. The van der Waals surface area contributed by atoms with E-state index in [1.165, 1.54) is 11.1 Å². The molecule has 3 N–H and O–H groups in total. The first kappa shape index (κ1) is 14.4. The minimum atomic E-state index is 0.139. The number of fused-ring (bicyclic) bond motifs is 1. The molecule has 1 heterocycles. The molecule has 2 unspecified atom stereocenters. The van der Waals surface area contributed by atoms with E-state index in [1.807, 2.05) is 12.1 Å². The van der Waals surface area contributed by atoms with Crippen LogP contribution in [0, 0.1) is 0 Å². The van der Waals surface area contributed by atoms with E-state index in [9.17, 15) is 4.79 Å². The molecule has 114 valence electrons. The van der Waals surface area contributed by atoms with Gasteiger partial charge in [-0.2, -0.15) is 0 Å². The van der Waals surface area contributed by atoms with Gasteiger partial charge in [-0.1, -0.05) is 6.07 Å². The van der Waals surface area contributed by atoms with Gasteiger partial charge in [0.15, 0.2) is 0 Å². The highest BCUT2D eigenvalue weighted by atomic mass is 16.5. The van der Waals surface area contributed by atoms with Gasteiger partial charge in [0.25, 0.3) is 0 Å². The van der Waals surface area contributed by atoms with Crippen LogP contribution in [0.3, 0.4) is 0 Å². The van der Waals surface area contributed by atoms with Gasteiger partial charge in [-0.05, 0) is 61.8 Å². The average molecular weight is 288 g/mol. The SMILES string of the molecule is Nc1ccc2c(c1)CCCC2NC(=O)CCC1CCCO1. The Hall–Kier alpha value is -1.55. The molecule has 0 radical (unpaired) electrons. The van der Waals surface area contributed by atoms with Crippen LogP contribution >= 0.6 is 0 Å². The normalized spacial score (nSPS) is 24.6. The van der Waals surface area contributed by atoms with Crippen molar-refractivity contribution in [2.75, 3.05) is 12.3 Å². The van der Waals surface area contributed by atoms with Crippen molar-refractivity contribution >= 4 is 11.6 Å². The lowest BCUT2D eigenvalue weighted by molar-refractivity contribution is -0.122. The van der Waals surface area contributed by atoms with Crippen molar-refractivity contribution in [3.05, 3.63) is 29.3 Å². The van der Waals surface area contributed by atoms with Gasteiger partial charge in [-0.3, -0.25) is 4.79 Å². The van der Waals surface area contributed by atoms with Crippen LogP contribution in [0.15, 0.2) is 18.2 Å². The van der Waals surface area contributed by atoms with Gasteiger partial charge in [0, 0.05) is 18.7 Å². The summed E-state index contributed by atoms with van der Waals surface area (Å²) < 4.78 is 5.57. The number of carbonyl (C=O) groups is 1. The zero-order valence-electron chi connectivity index (χ0n) is 12.4. The quantitative estimate of drug-likeness (QED) is 0.837. The number of aryl methyl sites for hydroxylation is 1. The van der Waals surface area contributed by atoms with Crippen LogP contribution in [0.25, 0.3) is 0 Å². The Kier molecular flexibility index (Phi) is 4.44. The first-order valence-electron chi connectivity index (χ1n) is 8.01. The standard InChI is InChI=1S/C17H24N2O2/c18-13-6-8-15-12(11-13)3-1-5-16(15)19-17(20)9-7-14-4-2-10-21-14/h6,8,11,14,16H,1-5,7,9-10,18H2,(H,19,20). The van der Waals surface area contributed by atoms with E-state index in [1.54, 1.807) is 0 Å². The zero-order chi connectivity index (χ0) is 14.7. The third-order valence-corrected chi connectivity index (χ3v) is 4.53. The number of nitrogens with one attached hydrogen (secondary N) is 1. The number of hydrogen-bond acceptors (Lipinski definition) is 3. The molecule has 1 aliphatic carbocycles. The minimum absolute atomic E-state index is 0.139. The maximum atomic E-state index is 12.2.